The molecule has 0 saturated heterocycles. The topological polar surface area (TPSA) is 114 Å². The van der Waals surface area contributed by atoms with Crippen molar-refractivity contribution in [2.45, 2.75) is 18.9 Å². The lowest BCUT2D eigenvalue weighted by molar-refractivity contribution is -0.127. The van der Waals surface area contributed by atoms with Crippen LogP contribution in [0.5, 0.6) is 11.5 Å². The monoisotopic (exact) mass is 379 g/mol. The average Bonchev–Trinajstić information content (AvgIpc) is 3.44. The molecule has 0 radical (unpaired) electrons. The summed E-state index contributed by atoms with van der Waals surface area (Å²) in [6.45, 7) is -0.185. The average molecular weight is 379 g/mol. The molecule has 9 heteroatoms. The number of amides is 2. The van der Waals surface area contributed by atoms with Gasteiger partial charge in [-0.15, -0.1) is 0 Å². The van der Waals surface area contributed by atoms with Gasteiger partial charge in [0.25, 0.3) is 5.91 Å². The number of aliphatic hydroxyl groups is 1. The number of hydrazine groups is 1. The minimum atomic E-state index is -0.852. The van der Waals surface area contributed by atoms with Crippen molar-refractivity contribution in [3.63, 3.8) is 0 Å². The van der Waals surface area contributed by atoms with Gasteiger partial charge in [0.15, 0.2) is 17.3 Å². The van der Waals surface area contributed by atoms with Crippen molar-refractivity contribution in [1.29, 1.82) is 0 Å². The molecular formula is C18H22FN3O5. The number of rotatable bonds is 7. The van der Waals surface area contributed by atoms with E-state index in [9.17, 15) is 19.1 Å². The molecule has 1 aliphatic heterocycles. The number of aliphatic hydroxyl groups excluding tert-OH is 1. The summed E-state index contributed by atoms with van der Waals surface area (Å²) in [6.07, 6.45) is 2.00. The number of carbonyl (C=O) groups is 2. The zero-order valence-corrected chi connectivity index (χ0v) is 15.1. The van der Waals surface area contributed by atoms with Crippen molar-refractivity contribution >= 4 is 11.8 Å². The molecule has 2 aliphatic rings. The Bertz CT molecular complexity index is 806. The number of carbonyl (C=O) groups excluding carboxylic acids is 2. The highest BCUT2D eigenvalue weighted by Gasteiger charge is 2.40. The van der Waals surface area contributed by atoms with Crippen molar-refractivity contribution in [2.75, 3.05) is 27.4 Å². The summed E-state index contributed by atoms with van der Waals surface area (Å²) in [4.78, 5) is 24.5. The van der Waals surface area contributed by atoms with Crippen LogP contribution in [0.3, 0.4) is 0 Å². The normalized spacial score (nSPS) is 20.4. The molecule has 4 N–H and O–H groups in total. The molecule has 2 amide bonds. The maximum atomic E-state index is 14.5. The Balaban J connectivity index is 2.16. The number of ether oxygens (including phenoxy) is 2. The molecule has 1 atom stereocenters. The van der Waals surface area contributed by atoms with Gasteiger partial charge in [-0.1, -0.05) is 0 Å². The summed E-state index contributed by atoms with van der Waals surface area (Å²) >= 11 is 0. The van der Waals surface area contributed by atoms with Gasteiger partial charge in [-0.3, -0.25) is 15.0 Å². The molecule has 1 aromatic rings. The predicted molar refractivity (Wildman–Crippen MR) is 93.1 cm³/mol. The number of halogens is 1. The second-order valence-corrected chi connectivity index (χ2v) is 6.59. The van der Waals surface area contributed by atoms with E-state index in [1.165, 1.54) is 26.4 Å². The Kier molecular flexibility index (Phi) is 5.33. The van der Waals surface area contributed by atoms with E-state index in [1.807, 2.05) is 0 Å². The van der Waals surface area contributed by atoms with Gasteiger partial charge in [-0.05, 0) is 36.5 Å². The summed E-state index contributed by atoms with van der Waals surface area (Å²) in [5.41, 5.74) is 8.38. The molecule has 27 heavy (non-hydrogen) atoms. The zero-order valence-electron chi connectivity index (χ0n) is 15.1. The summed E-state index contributed by atoms with van der Waals surface area (Å²) in [6, 6.07) is 1.89. The van der Waals surface area contributed by atoms with Gasteiger partial charge in [0.05, 0.1) is 38.0 Å². The van der Waals surface area contributed by atoms with Crippen molar-refractivity contribution < 1.29 is 28.6 Å². The van der Waals surface area contributed by atoms with Crippen LogP contribution in [0.4, 0.5) is 4.39 Å². The predicted octanol–water partition coefficient (Wildman–Crippen LogP) is 0.415. The first kappa shape index (κ1) is 19.1. The molecule has 1 unspecified atom stereocenters. The number of nitrogens with two attached hydrogens (primary N) is 1. The zero-order chi connectivity index (χ0) is 19.7. The molecular weight excluding hydrogens is 357 g/mol. The second-order valence-electron chi connectivity index (χ2n) is 6.59. The first-order chi connectivity index (χ1) is 12.9. The van der Waals surface area contributed by atoms with E-state index in [1.54, 1.807) is 5.01 Å². The van der Waals surface area contributed by atoms with Gasteiger partial charge < -0.3 is 20.3 Å². The maximum Gasteiger partial charge on any atom is 0.264 e. The van der Waals surface area contributed by atoms with E-state index in [4.69, 9.17) is 15.2 Å². The van der Waals surface area contributed by atoms with E-state index >= 15 is 0 Å². The number of methoxy groups -OCH3 is 2. The third kappa shape index (κ3) is 3.60. The third-order valence-electron chi connectivity index (χ3n) is 4.78. The van der Waals surface area contributed by atoms with Gasteiger partial charge in [0.2, 0.25) is 5.91 Å². The maximum absolute atomic E-state index is 14.5. The molecule has 1 heterocycles. The van der Waals surface area contributed by atoms with Crippen LogP contribution < -0.4 is 20.6 Å². The number of primary amides is 1. The smallest absolute Gasteiger partial charge is 0.264 e. The lowest BCUT2D eigenvalue weighted by Gasteiger charge is -2.38. The van der Waals surface area contributed by atoms with Crippen LogP contribution in [0.25, 0.3) is 0 Å². The fourth-order valence-corrected chi connectivity index (χ4v) is 3.32. The summed E-state index contributed by atoms with van der Waals surface area (Å²) in [7, 11) is 2.69. The highest BCUT2D eigenvalue weighted by molar-refractivity contribution is 6.06. The third-order valence-corrected chi connectivity index (χ3v) is 4.78. The van der Waals surface area contributed by atoms with Crippen LogP contribution >= 0.6 is 0 Å². The SMILES string of the molecule is COc1cc(C2C(C(N)=O)=C(CO)C(=O)NN2CC2CC2)cc(F)c1OC. The molecule has 146 valence electrons. The molecule has 3 rings (SSSR count). The first-order valence-corrected chi connectivity index (χ1v) is 8.54. The van der Waals surface area contributed by atoms with E-state index in [-0.39, 0.29) is 22.6 Å². The summed E-state index contributed by atoms with van der Waals surface area (Å²) in [5, 5.41) is 11.2. The number of hydrogen-bond donors (Lipinski definition) is 3. The Morgan fingerprint density at radius 2 is 2.07 bits per heavy atom. The van der Waals surface area contributed by atoms with Crippen LogP contribution in [0.15, 0.2) is 23.3 Å². The van der Waals surface area contributed by atoms with Crippen LogP contribution in [-0.4, -0.2) is 49.3 Å². The van der Waals surface area contributed by atoms with Gasteiger partial charge in [-0.25, -0.2) is 9.40 Å². The van der Waals surface area contributed by atoms with E-state index in [0.29, 0.717) is 18.0 Å². The summed E-state index contributed by atoms with van der Waals surface area (Å²) < 4.78 is 24.8. The van der Waals surface area contributed by atoms with Gasteiger partial charge in [0, 0.05) is 6.54 Å². The van der Waals surface area contributed by atoms with Gasteiger partial charge in [-0.2, -0.15) is 0 Å². The molecule has 1 aromatic carbocycles. The Morgan fingerprint density at radius 3 is 2.59 bits per heavy atom. The fraction of sp³-hybridized carbons (Fsp3) is 0.444. The van der Waals surface area contributed by atoms with E-state index < -0.39 is 30.3 Å². The van der Waals surface area contributed by atoms with Crippen LogP contribution in [0.1, 0.15) is 24.4 Å². The minimum absolute atomic E-state index is 0.0616. The molecule has 0 aromatic heterocycles. The van der Waals surface area contributed by atoms with E-state index in [2.05, 4.69) is 5.43 Å². The Hall–Kier alpha value is -2.65. The lowest BCUT2D eigenvalue weighted by Crippen LogP contribution is -2.53. The minimum Gasteiger partial charge on any atom is -0.493 e. The molecule has 8 nitrogen and oxygen atoms in total. The van der Waals surface area contributed by atoms with E-state index in [0.717, 1.165) is 12.8 Å². The molecule has 1 fully saturated rings. The molecule has 1 saturated carbocycles. The van der Waals surface area contributed by atoms with Crippen molar-refractivity contribution in [3.8, 4) is 11.5 Å². The fourth-order valence-electron chi connectivity index (χ4n) is 3.32. The second kappa shape index (κ2) is 7.53. The van der Waals surface area contributed by atoms with Crippen LogP contribution in [0, 0.1) is 11.7 Å². The Morgan fingerprint density at radius 1 is 1.37 bits per heavy atom. The Labute approximate surface area is 155 Å². The number of nitrogens with zero attached hydrogens (tertiary/aromatic N) is 1. The van der Waals surface area contributed by atoms with Crippen molar-refractivity contribution in [3.05, 3.63) is 34.7 Å². The van der Waals surface area contributed by atoms with Crippen LogP contribution in [0.2, 0.25) is 0 Å². The summed E-state index contributed by atoms with van der Waals surface area (Å²) in [5.74, 6) is -1.68. The largest absolute Gasteiger partial charge is 0.493 e. The number of hydrogen-bond acceptors (Lipinski definition) is 6. The standard InChI is InChI=1S/C18H22FN3O5/c1-26-13-6-10(5-12(19)16(13)27-2)15-14(17(20)24)11(8-23)18(25)21-22(15)7-9-3-4-9/h5-6,9,15,23H,3-4,7-8H2,1-2H3,(H2,20,24)(H,21,25). The number of nitrogens with one attached hydrogen (secondary N) is 1. The van der Waals surface area contributed by atoms with Crippen LogP contribution in [-0.2, 0) is 9.59 Å². The van der Waals surface area contributed by atoms with Crippen molar-refractivity contribution in [1.82, 2.24) is 10.4 Å². The highest BCUT2D eigenvalue weighted by atomic mass is 19.1. The molecule has 0 bridgehead atoms. The lowest BCUT2D eigenvalue weighted by atomic mass is 9.90. The van der Waals surface area contributed by atoms with Gasteiger partial charge in [0.1, 0.15) is 0 Å². The first-order valence-electron chi connectivity index (χ1n) is 8.54. The van der Waals surface area contributed by atoms with Crippen molar-refractivity contribution in [2.24, 2.45) is 11.7 Å². The quantitative estimate of drug-likeness (QED) is 0.633. The molecule has 1 aliphatic carbocycles. The van der Waals surface area contributed by atoms with Gasteiger partial charge >= 0.3 is 0 Å². The number of benzene rings is 1. The molecule has 0 spiro atoms. The highest BCUT2D eigenvalue weighted by Crippen LogP contribution is 2.41.